The van der Waals surface area contributed by atoms with E-state index in [0.29, 0.717) is 39.0 Å². The van der Waals surface area contributed by atoms with Crippen molar-refractivity contribution in [3.05, 3.63) is 244 Å². The normalized spacial score (nSPS) is 13.8. The van der Waals surface area contributed by atoms with Gasteiger partial charge in [0.1, 0.15) is 6.04 Å². The zero-order valence-electron chi connectivity index (χ0n) is 86.2. The topological polar surface area (TPSA) is 309 Å². The molecule has 7 amide bonds. The van der Waals surface area contributed by atoms with E-state index < -0.39 is 26.9 Å². The zero-order valence-corrected chi connectivity index (χ0v) is 87.0. The second kappa shape index (κ2) is 51.3. The average molecular weight is 1810 g/mol. The van der Waals surface area contributed by atoms with E-state index in [2.05, 4.69) is 87.3 Å². The van der Waals surface area contributed by atoms with Crippen molar-refractivity contribution in [2.45, 2.75) is 345 Å². The lowest BCUT2D eigenvalue weighted by Crippen LogP contribution is -2.52. The molecule has 1 unspecified atom stereocenters. The predicted molar refractivity (Wildman–Crippen MR) is 545 cm³/mol. The van der Waals surface area contributed by atoms with Crippen molar-refractivity contribution in [2.75, 3.05) is 0 Å². The number of nitrogens with one attached hydrogen (secondary N) is 3. The number of para-hydroxylation sites is 3. The van der Waals surface area contributed by atoms with Crippen molar-refractivity contribution in [2.24, 2.45) is 0 Å². The molecule has 0 radical (unpaired) electrons. The van der Waals surface area contributed by atoms with Crippen LogP contribution < -0.4 is 38.8 Å². The van der Waals surface area contributed by atoms with Gasteiger partial charge in [0.05, 0.1) is 72.7 Å². The molecule has 2 saturated heterocycles. The van der Waals surface area contributed by atoms with Crippen LogP contribution >= 0.6 is 11.8 Å². The fourth-order valence-corrected chi connectivity index (χ4v) is 14.0. The molecule has 0 saturated carbocycles. The Morgan fingerprint density at radius 2 is 0.869 bits per heavy atom. The summed E-state index contributed by atoms with van der Waals surface area (Å²) in [6.45, 7) is 79.9. The molecule has 0 bridgehead atoms. The van der Waals surface area contributed by atoms with Gasteiger partial charge in [-0.05, 0) is 270 Å². The summed E-state index contributed by atoms with van der Waals surface area (Å²) in [5.41, 5.74) is 0.676. The highest BCUT2D eigenvalue weighted by Gasteiger charge is 2.50. The molecule has 1 atom stereocenters. The molecular weight excluding hydrogens is 1660 g/mol. The maximum atomic E-state index is 12.2. The monoisotopic (exact) mass is 1810 g/mol. The van der Waals surface area contributed by atoms with Gasteiger partial charge in [0.15, 0.2) is 0 Å². The number of urea groups is 1. The number of aromatic nitrogens is 9. The molecule has 716 valence electrons. The summed E-state index contributed by atoms with van der Waals surface area (Å²) in [7, 11) is 0. The molecule has 3 N–H and O–H groups in total. The first-order valence-corrected chi connectivity index (χ1v) is 46.3. The number of benzene rings is 6. The smallest absolute Gasteiger partial charge is 0.329 e. The van der Waals surface area contributed by atoms with Crippen LogP contribution in [-0.2, 0) is 48.5 Å². The lowest BCUT2D eigenvalue weighted by molar-refractivity contribution is -0.133. The van der Waals surface area contributed by atoms with Crippen LogP contribution in [-0.4, -0.2) is 120 Å². The van der Waals surface area contributed by atoms with Gasteiger partial charge in [-0.25, -0.2) is 23.9 Å². The fourth-order valence-electron chi connectivity index (χ4n) is 13.0. The molecule has 2 fully saturated rings. The van der Waals surface area contributed by atoms with Crippen LogP contribution in [0, 0.1) is 0 Å². The van der Waals surface area contributed by atoms with Gasteiger partial charge in [-0.2, -0.15) is 5.10 Å². The first kappa shape index (κ1) is 119. The molecule has 26 heteroatoms. The predicted octanol–water partition coefficient (Wildman–Crippen LogP) is 22.8. The van der Waals surface area contributed by atoms with Gasteiger partial charge in [-0.1, -0.05) is 188 Å². The number of carbonyl (C=O) groups is 6. The Bertz CT molecular complexity index is 5780. The second-order valence-corrected chi connectivity index (χ2v) is 38.5. The highest BCUT2D eigenvalue weighted by Crippen LogP contribution is 2.40. The average Bonchev–Trinajstić information content (AvgIpc) is 1.41. The van der Waals surface area contributed by atoms with Crippen molar-refractivity contribution in [3.63, 3.8) is 0 Å². The lowest BCUT2D eigenvalue weighted by Gasteiger charge is -2.37. The quantitative estimate of drug-likeness (QED) is 0.0939. The summed E-state index contributed by atoms with van der Waals surface area (Å²) >= 11 is 1.10. The fraction of sp³-hybridized carbons (Fsp3) is 0.500. The van der Waals surface area contributed by atoms with Crippen molar-refractivity contribution < 1.29 is 28.8 Å². The van der Waals surface area contributed by atoms with Crippen molar-refractivity contribution >= 4 is 101 Å². The van der Waals surface area contributed by atoms with E-state index in [-0.39, 0.29) is 96.6 Å². The van der Waals surface area contributed by atoms with Gasteiger partial charge in [-0.3, -0.25) is 77.3 Å². The van der Waals surface area contributed by atoms with Crippen molar-refractivity contribution in [3.8, 4) is 0 Å². The Balaban J connectivity index is 0.00000144. The van der Waals surface area contributed by atoms with E-state index >= 15 is 0 Å². The Morgan fingerprint density at radius 3 is 1.32 bits per heavy atom. The zero-order chi connectivity index (χ0) is 101. The molecule has 130 heavy (non-hydrogen) atoms. The Morgan fingerprint density at radius 1 is 0.415 bits per heavy atom. The number of aromatic amines is 2. The van der Waals surface area contributed by atoms with Gasteiger partial charge in [0.25, 0.3) is 44.8 Å². The van der Waals surface area contributed by atoms with Gasteiger partial charge < -0.3 is 14.5 Å². The number of amides is 7. The van der Waals surface area contributed by atoms with E-state index in [1.807, 2.05) is 309 Å². The number of hydrogen-bond acceptors (Lipinski definition) is 15. The second-order valence-electron chi connectivity index (χ2n) is 37.0. The molecule has 6 aromatic carbocycles. The molecule has 11 aromatic rings. The van der Waals surface area contributed by atoms with E-state index in [4.69, 9.17) is 0 Å². The molecule has 0 spiro atoms. The number of thioether (sulfide) groups is 1. The van der Waals surface area contributed by atoms with Crippen LogP contribution in [0.25, 0.3) is 54.3 Å². The third-order valence-corrected chi connectivity index (χ3v) is 19.6. The number of H-pyrrole nitrogens is 2. The van der Waals surface area contributed by atoms with Crippen LogP contribution in [0.3, 0.4) is 0 Å². The lowest BCUT2D eigenvalue weighted by atomic mass is 9.94. The minimum absolute atomic E-state index is 0.0214. The maximum absolute atomic E-state index is 12.2. The first-order valence-electron chi connectivity index (χ1n) is 45.5. The van der Waals surface area contributed by atoms with Crippen LogP contribution in [0.2, 0.25) is 0 Å². The molecule has 3 aliphatic heterocycles. The highest BCUT2D eigenvalue weighted by molar-refractivity contribution is 8.16. The Kier molecular flexibility index (Phi) is 46.8. The van der Waals surface area contributed by atoms with Gasteiger partial charge in [-0.15, -0.1) is 0 Å². The SMILES string of the molecule is CC.CC.CC.CC.CC.CC.CC.CC(C)(C)N1C(=O)Cc2ccccc2C1=O.CC(C)(C)n1[nH]c(=O)c2ccccc2c1=O.CC(C)(C)n1c(=O)[nH]c2ccccc2c1=O.CC(C)(C)n1ccc2ccccc21.CC(C)(C)n1cnc2ccccc2c1=O.CC(C)(C)n1ncc2ccccc2c1=O.CC1(C)SC(=O)N(C(C)(C)C)C1=O.CC1C(=O)NC(=O)N1C(C)(C)C. The van der Waals surface area contributed by atoms with Crippen LogP contribution in [0.1, 0.15) is 300 Å². The van der Waals surface area contributed by atoms with Gasteiger partial charge >= 0.3 is 11.7 Å². The molecule has 14 rings (SSSR count). The minimum Gasteiger partial charge on any atom is -0.342 e. The Hall–Kier alpha value is -11.4. The molecule has 8 heterocycles. The summed E-state index contributed by atoms with van der Waals surface area (Å²) in [6.07, 6.45) is 5.83. The van der Waals surface area contributed by atoms with Crippen LogP contribution in [0.5, 0.6) is 0 Å². The summed E-state index contributed by atoms with van der Waals surface area (Å²) in [6, 6.07) is 46.1. The third kappa shape index (κ3) is 32.0. The number of imide groups is 3. The molecule has 3 aliphatic rings. The highest BCUT2D eigenvalue weighted by atomic mass is 32.2. The summed E-state index contributed by atoms with van der Waals surface area (Å²) in [4.78, 5) is 153. The van der Waals surface area contributed by atoms with E-state index in [0.717, 1.165) is 33.6 Å². The maximum Gasteiger partial charge on any atom is 0.329 e. The molecule has 5 aromatic heterocycles. The van der Waals surface area contributed by atoms with E-state index in [1.165, 1.54) is 34.6 Å². The summed E-state index contributed by atoms with van der Waals surface area (Å²) in [5, 5.41) is 14.0. The van der Waals surface area contributed by atoms with Crippen molar-refractivity contribution in [1.82, 2.24) is 63.2 Å². The molecule has 0 aliphatic carbocycles. The minimum atomic E-state index is -0.593. The molecular formula is C104H157N13O12S. The first-order chi connectivity index (χ1) is 60.3. The van der Waals surface area contributed by atoms with Gasteiger partial charge in [0, 0.05) is 55.9 Å². The van der Waals surface area contributed by atoms with Crippen LogP contribution in [0.15, 0.2) is 199 Å². The largest absolute Gasteiger partial charge is 0.342 e. The third-order valence-electron chi connectivity index (χ3n) is 18.6. The number of nitrogens with zero attached hydrogens (tertiary/aromatic N) is 10. The van der Waals surface area contributed by atoms with E-state index in [1.54, 1.807) is 97.4 Å². The van der Waals surface area contributed by atoms with Crippen molar-refractivity contribution in [1.29, 1.82) is 0 Å². The number of hydrogen-bond donors (Lipinski definition) is 3. The number of fused-ring (bicyclic) bond motifs is 6. The van der Waals surface area contributed by atoms with Crippen LogP contribution in [0.4, 0.5) is 9.59 Å². The van der Waals surface area contributed by atoms with E-state index in [9.17, 15) is 57.5 Å². The summed E-state index contributed by atoms with van der Waals surface area (Å²) < 4.78 is 7.52. The molecule has 25 nitrogen and oxygen atoms in total. The Labute approximate surface area is 777 Å². The number of rotatable bonds is 0. The van der Waals surface area contributed by atoms with Gasteiger partial charge in [0.2, 0.25) is 11.8 Å². The summed E-state index contributed by atoms with van der Waals surface area (Å²) in [5.74, 6) is -0.597. The standard InChI is InChI=1S/C13H15NO2.2C12H14N2O2.2C12H14N2O.C12H15N.C9H15NO2S.C8H14N2O2.7C2H6/c1-13(2,3)14-11(15)8-9-6-4-5-7-10(9)12(14)16;1-12(2,3)14-10(15)8-6-4-5-7-9(8)13-11(14)16;1-12(2,3)14-11(16)9-7-5-4-6-8(9)10(15)13-14;1-12(2,3)14-8-13-10-7-5-4-6-9(10)11(14)15;1-12(2,3)14-11(15)10-7-5-4-6-9(10)8-13-14;1-12(2,3)13-9-8-10-6-4-5-7-11(10)13;1-8(2,3)10-6(11)9(4,5)13-7(10)12;1-5-6(11)9-7(12)10(5)8(2,3)4;7*1-2/h4-7H,8H2,1-3H3;4-7H,1-3H3,(H,13,16);4-7H,1-3H3,(H,13,15);2*4-8H,1-3H3;4-9H,1-3H3;1-5H3;5H,1-4H3,(H,9,11,12);7*1-2H3. The number of carbonyl (C=O) groups excluding carboxylic acids is 6.